The minimum atomic E-state index is -1.08. The Morgan fingerprint density at radius 3 is 2.79 bits per heavy atom. The zero-order chi connectivity index (χ0) is 23.4. The predicted octanol–water partition coefficient (Wildman–Crippen LogP) is 3.53. The highest BCUT2D eigenvalue weighted by molar-refractivity contribution is 5.82. The molecule has 0 radical (unpaired) electrons. The molecule has 0 amide bonds. The summed E-state index contributed by atoms with van der Waals surface area (Å²) in [5, 5.41) is 17.9. The number of aromatic nitrogens is 4. The maximum Gasteiger partial charge on any atom is 0.276 e. The van der Waals surface area contributed by atoms with E-state index in [9.17, 15) is 9.90 Å². The van der Waals surface area contributed by atoms with Crippen LogP contribution in [0, 0.1) is 0 Å². The number of hydrogen-bond donors (Lipinski definition) is 3. The fourth-order valence-corrected chi connectivity index (χ4v) is 4.65. The molecule has 1 fully saturated rings. The van der Waals surface area contributed by atoms with E-state index >= 15 is 0 Å². The van der Waals surface area contributed by atoms with E-state index in [0.29, 0.717) is 22.7 Å². The minimum absolute atomic E-state index is 0.0631. The van der Waals surface area contributed by atoms with Crippen LogP contribution in [-0.2, 0) is 18.6 Å². The maximum absolute atomic E-state index is 13.3. The van der Waals surface area contributed by atoms with Crippen LogP contribution in [0.1, 0.15) is 49.6 Å². The molecule has 0 unspecified atom stereocenters. The molecule has 3 N–H and O–H groups in total. The lowest BCUT2D eigenvalue weighted by atomic mass is 10.0. The van der Waals surface area contributed by atoms with E-state index in [4.69, 9.17) is 4.98 Å². The first kappa shape index (κ1) is 21.1. The number of nitrogens with zero attached hydrogens (tertiary/aromatic N) is 4. The van der Waals surface area contributed by atoms with Crippen molar-refractivity contribution in [3.05, 3.63) is 75.8 Å². The Morgan fingerprint density at radius 1 is 1.15 bits per heavy atom. The average Bonchev–Trinajstić information content (AvgIpc) is 3.62. The lowest BCUT2D eigenvalue weighted by Crippen LogP contribution is -2.23. The number of pyridine rings is 2. The summed E-state index contributed by atoms with van der Waals surface area (Å²) in [7, 11) is 0. The molecule has 1 aromatic carbocycles. The lowest BCUT2D eigenvalue weighted by molar-refractivity contribution is 0.0738. The van der Waals surface area contributed by atoms with Crippen molar-refractivity contribution in [3.8, 4) is 5.82 Å². The summed E-state index contributed by atoms with van der Waals surface area (Å²) < 4.78 is 3.67. The molecule has 8 nitrogen and oxygen atoms in total. The zero-order valence-corrected chi connectivity index (χ0v) is 19.4. The van der Waals surface area contributed by atoms with Gasteiger partial charge in [-0.2, -0.15) is 0 Å². The molecule has 34 heavy (non-hydrogen) atoms. The van der Waals surface area contributed by atoms with E-state index in [1.54, 1.807) is 30.8 Å². The second-order valence-electron chi connectivity index (χ2n) is 9.75. The van der Waals surface area contributed by atoms with E-state index in [0.717, 1.165) is 43.6 Å². The summed E-state index contributed by atoms with van der Waals surface area (Å²) in [4.78, 5) is 22.6. The van der Waals surface area contributed by atoms with Gasteiger partial charge in [0, 0.05) is 24.5 Å². The van der Waals surface area contributed by atoms with Crippen LogP contribution in [-0.4, -0.2) is 31.0 Å². The maximum atomic E-state index is 13.3. The smallest absolute Gasteiger partial charge is 0.276 e. The molecular formula is C26H28N6O2. The zero-order valence-electron chi connectivity index (χ0n) is 19.4. The van der Waals surface area contributed by atoms with E-state index in [1.165, 1.54) is 11.1 Å². The van der Waals surface area contributed by atoms with Gasteiger partial charge in [-0.1, -0.05) is 12.1 Å². The molecule has 174 valence electrons. The summed E-state index contributed by atoms with van der Waals surface area (Å²) in [6, 6.07) is 14.0. The Kier molecular flexibility index (Phi) is 4.82. The van der Waals surface area contributed by atoms with Gasteiger partial charge in [-0.05, 0) is 75.0 Å². The predicted molar refractivity (Wildman–Crippen MR) is 132 cm³/mol. The van der Waals surface area contributed by atoms with Gasteiger partial charge in [0.1, 0.15) is 11.4 Å². The Labute approximate surface area is 197 Å². The first-order valence-corrected chi connectivity index (χ1v) is 11.8. The van der Waals surface area contributed by atoms with Crippen molar-refractivity contribution < 1.29 is 5.11 Å². The number of nitrogens with one attached hydrogen (secondary N) is 2. The third kappa shape index (κ3) is 3.69. The Hall–Kier alpha value is -3.49. The van der Waals surface area contributed by atoms with Crippen LogP contribution in [0.5, 0.6) is 0 Å². The van der Waals surface area contributed by atoms with Crippen LogP contribution in [0.25, 0.3) is 16.7 Å². The number of aliphatic hydroxyl groups is 1. The third-order valence-electron chi connectivity index (χ3n) is 6.60. The van der Waals surface area contributed by atoms with Gasteiger partial charge in [-0.3, -0.25) is 4.79 Å². The fraction of sp³-hybridized carbons (Fsp3) is 0.346. The van der Waals surface area contributed by atoms with Crippen LogP contribution in [0.15, 0.2) is 53.5 Å². The van der Waals surface area contributed by atoms with Gasteiger partial charge in [-0.15, -0.1) is 0 Å². The molecule has 1 saturated carbocycles. The standard InChI is InChI=1S/C26H28N6O2/c1-26(2,34)22-4-3-5-24(30-22)32-21-13-23(28-15-20(21)25(33)31(32)19-8-9-19)29-18-7-6-16-10-11-27-14-17(16)12-18/h3-7,12-13,15,19,27,34H,8-11,14H2,1-2H3,(H,28,29). The molecule has 1 aliphatic carbocycles. The lowest BCUT2D eigenvalue weighted by Gasteiger charge is -2.19. The molecule has 4 heterocycles. The first-order chi connectivity index (χ1) is 16.4. The number of anilines is 2. The van der Waals surface area contributed by atoms with Gasteiger partial charge in [0.2, 0.25) is 0 Å². The highest BCUT2D eigenvalue weighted by Gasteiger charge is 2.31. The summed E-state index contributed by atoms with van der Waals surface area (Å²) in [5.74, 6) is 1.27. The topological polar surface area (TPSA) is 97.0 Å². The first-order valence-electron chi connectivity index (χ1n) is 11.8. The Morgan fingerprint density at radius 2 is 2.00 bits per heavy atom. The van der Waals surface area contributed by atoms with Crippen molar-refractivity contribution in [2.24, 2.45) is 0 Å². The second kappa shape index (κ2) is 7.78. The normalized spacial score (nSPS) is 16.0. The molecule has 3 aromatic heterocycles. The highest BCUT2D eigenvalue weighted by atomic mass is 16.3. The van der Waals surface area contributed by atoms with Crippen LogP contribution < -0.4 is 16.2 Å². The average molecular weight is 457 g/mol. The molecule has 0 atom stereocenters. The SMILES string of the molecule is CC(C)(O)c1cccc(-n2c3cc(Nc4ccc5c(c4)CNCC5)ncc3c(=O)n2C2CC2)n1. The monoisotopic (exact) mass is 456 g/mol. The molecule has 1 aliphatic heterocycles. The van der Waals surface area contributed by atoms with Crippen molar-refractivity contribution in [1.29, 1.82) is 0 Å². The molecule has 0 spiro atoms. The summed E-state index contributed by atoms with van der Waals surface area (Å²) in [5.41, 5.74) is 3.78. The van der Waals surface area contributed by atoms with E-state index in [1.807, 2.05) is 22.9 Å². The van der Waals surface area contributed by atoms with Gasteiger partial charge in [0.25, 0.3) is 5.56 Å². The summed E-state index contributed by atoms with van der Waals surface area (Å²) in [6.07, 6.45) is 4.61. The summed E-state index contributed by atoms with van der Waals surface area (Å²) in [6.45, 7) is 5.29. The molecule has 6 rings (SSSR count). The number of fused-ring (bicyclic) bond motifs is 2. The fourth-order valence-electron chi connectivity index (χ4n) is 4.65. The highest BCUT2D eigenvalue weighted by Crippen LogP contribution is 2.36. The number of rotatable bonds is 5. The van der Waals surface area contributed by atoms with Gasteiger partial charge in [-0.25, -0.2) is 19.3 Å². The summed E-state index contributed by atoms with van der Waals surface area (Å²) >= 11 is 0. The Bertz CT molecular complexity index is 1460. The van der Waals surface area contributed by atoms with Gasteiger partial charge >= 0.3 is 0 Å². The Balaban J connectivity index is 1.46. The van der Waals surface area contributed by atoms with Crippen molar-refractivity contribution in [3.63, 3.8) is 0 Å². The van der Waals surface area contributed by atoms with Crippen molar-refractivity contribution in [1.82, 2.24) is 24.6 Å². The largest absolute Gasteiger partial charge is 0.384 e. The third-order valence-corrected chi connectivity index (χ3v) is 6.60. The molecule has 4 aromatic rings. The molecule has 0 saturated heterocycles. The van der Waals surface area contributed by atoms with E-state index < -0.39 is 5.60 Å². The van der Waals surface area contributed by atoms with Gasteiger partial charge in [0.15, 0.2) is 5.82 Å². The molecular weight excluding hydrogens is 428 g/mol. The van der Waals surface area contributed by atoms with E-state index in [2.05, 4.69) is 33.8 Å². The van der Waals surface area contributed by atoms with Gasteiger partial charge in [0.05, 0.1) is 22.6 Å². The molecule has 2 aliphatic rings. The van der Waals surface area contributed by atoms with Crippen molar-refractivity contribution in [2.45, 2.75) is 51.3 Å². The van der Waals surface area contributed by atoms with Crippen LogP contribution in [0.2, 0.25) is 0 Å². The van der Waals surface area contributed by atoms with Crippen LogP contribution in [0.3, 0.4) is 0 Å². The minimum Gasteiger partial charge on any atom is -0.384 e. The molecule has 8 heteroatoms. The van der Waals surface area contributed by atoms with Crippen LogP contribution >= 0.6 is 0 Å². The van der Waals surface area contributed by atoms with Crippen LogP contribution in [0.4, 0.5) is 11.5 Å². The van der Waals surface area contributed by atoms with E-state index in [-0.39, 0.29) is 11.6 Å². The quantitative estimate of drug-likeness (QED) is 0.425. The number of benzene rings is 1. The van der Waals surface area contributed by atoms with Crippen molar-refractivity contribution >= 4 is 22.4 Å². The number of hydrogen-bond acceptors (Lipinski definition) is 6. The molecule has 0 bridgehead atoms. The van der Waals surface area contributed by atoms with Crippen molar-refractivity contribution in [2.75, 3.05) is 11.9 Å². The second-order valence-corrected chi connectivity index (χ2v) is 9.75. The van der Waals surface area contributed by atoms with Gasteiger partial charge < -0.3 is 15.7 Å².